The highest BCUT2D eigenvalue weighted by Gasteiger charge is 2.37. The number of rotatable bonds is 12. The zero-order chi connectivity index (χ0) is 14.8. The van der Waals surface area contributed by atoms with Crippen LogP contribution in [-0.4, -0.2) is 12.2 Å². The third kappa shape index (κ3) is 9.80. The van der Waals surface area contributed by atoms with Gasteiger partial charge in [0.25, 0.3) is 0 Å². The minimum absolute atomic E-state index is 0.467. The number of unbranched alkanes of at least 4 members (excludes halogenated alkanes) is 8. The molecule has 20 heavy (non-hydrogen) atoms. The zero-order valence-electron chi connectivity index (χ0n) is 14.5. The Morgan fingerprint density at radius 2 is 1.20 bits per heavy atom. The van der Waals surface area contributed by atoms with Crippen molar-refractivity contribution in [3.63, 3.8) is 0 Å². The maximum atomic E-state index is 5.78. The molecule has 1 aliphatic rings. The average molecular weight is 283 g/mol. The minimum Gasteiger partial charge on any atom is -0.370 e. The van der Waals surface area contributed by atoms with Gasteiger partial charge in [0, 0.05) is 0 Å². The first kappa shape index (κ1) is 18.0. The lowest BCUT2D eigenvalue weighted by atomic mass is 9.89. The number of ether oxygens (including phenoxy) is 1. The Kier molecular flexibility index (Phi) is 8.84. The Labute approximate surface area is 127 Å². The molecule has 0 aromatic heterocycles. The van der Waals surface area contributed by atoms with E-state index in [0.717, 1.165) is 0 Å². The van der Waals surface area contributed by atoms with Crippen LogP contribution < -0.4 is 0 Å². The van der Waals surface area contributed by atoms with Gasteiger partial charge in [-0.3, -0.25) is 0 Å². The summed E-state index contributed by atoms with van der Waals surface area (Å²) in [4.78, 5) is 0. The first-order valence-electron chi connectivity index (χ1n) is 9.18. The first-order chi connectivity index (χ1) is 9.53. The van der Waals surface area contributed by atoms with Crippen LogP contribution in [0.3, 0.4) is 0 Å². The Morgan fingerprint density at radius 1 is 0.700 bits per heavy atom. The van der Waals surface area contributed by atoms with Crippen LogP contribution >= 0.6 is 0 Å². The fourth-order valence-electron chi connectivity index (χ4n) is 2.92. The summed E-state index contributed by atoms with van der Waals surface area (Å²) in [6.07, 6.45) is 17.9. The molecule has 0 radical (unpaired) electrons. The molecule has 1 nitrogen and oxygen atoms in total. The van der Waals surface area contributed by atoms with Crippen molar-refractivity contribution in [2.24, 2.45) is 5.41 Å². The molecular weight excluding hydrogens is 244 g/mol. The molecule has 0 N–H and O–H groups in total. The molecule has 0 amide bonds. The van der Waals surface area contributed by atoms with Gasteiger partial charge >= 0.3 is 0 Å². The summed E-state index contributed by atoms with van der Waals surface area (Å²) in [6.45, 7) is 9.26. The van der Waals surface area contributed by atoms with Gasteiger partial charge in [0.15, 0.2) is 0 Å². The maximum absolute atomic E-state index is 5.78. The van der Waals surface area contributed by atoms with E-state index in [1.807, 2.05) is 0 Å². The smallest absolute Gasteiger partial charge is 0.0842 e. The molecule has 1 heterocycles. The highest BCUT2D eigenvalue weighted by atomic mass is 16.6. The number of epoxide rings is 1. The molecule has 0 saturated carbocycles. The molecule has 2 unspecified atom stereocenters. The van der Waals surface area contributed by atoms with Crippen molar-refractivity contribution < 1.29 is 4.74 Å². The quantitative estimate of drug-likeness (QED) is 0.294. The third-order valence-corrected chi connectivity index (χ3v) is 4.46. The molecule has 1 heteroatoms. The van der Waals surface area contributed by atoms with Crippen LogP contribution in [0.5, 0.6) is 0 Å². The number of hydrogen-bond acceptors (Lipinski definition) is 1. The molecule has 0 aromatic rings. The molecule has 1 fully saturated rings. The Balaban J connectivity index is 1.80. The summed E-state index contributed by atoms with van der Waals surface area (Å²) in [5.74, 6) is 0. The van der Waals surface area contributed by atoms with Gasteiger partial charge in [-0.1, -0.05) is 85.5 Å². The number of hydrogen-bond donors (Lipinski definition) is 0. The van der Waals surface area contributed by atoms with E-state index in [4.69, 9.17) is 4.74 Å². The van der Waals surface area contributed by atoms with Gasteiger partial charge in [-0.15, -0.1) is 0 Å². The predicted octanol–water partition coefficient (Wildman–Crippen LogP) is 6.50. The van der Waals surface area contributed by atoms with Crippen LogP contribution in [0.2, 0.25) is 0 Å². The highest BCUT2D eigenvalue weighted by molar-refractivity contribution is 4.85. The van der Waals surface area contributed by atoms with E-state index in [9.17, 15) is 0 Å². The molecular formula is C19H38O. The molecule has 0 aromatic carbocycles. The van der Waals surface area contributed by atoms with Gasteiger partial charge < -0.3 is 4.74 Å². The normalized spacial score (nSPS) is 22.2. The SMILES string of the molecule is CCCCCCCCCCCC1OC1CCC(C)(C)C. The molecule has 1 rings (SSSR count). The fourth-order valence-corrected chi connectivity index (χ4v) is 2.92. The van der Waals surface area contributed by atoms with Crippen molar-refractivity contribution in [3.8, 4) is 0 Å². The van der Waals surface area contributed by atoms with E-state index in [1.54, 1.807) is 0 Å². The molecule has 0 aliphatic carbocycles. The summed E-state index contributed by atoms with van der Waals surface area (Å²) in [7, 11) is 0. The molecule has 120 valence electrons. The second kappa shape index (κ2) is 9.82. The summed E-state index contributed by atoms with van der Waals surface area (Å²) < 4.78 is 5.78. The van der Waals surface area contributed by atoms with E-state index in [0.29, 0.717) is 17.6 Å². The lowest BCUT2D eigenvalue weighted by Gasteiger charge is -2.16. The third-order valence-electron chi connectivity index (χ3n) is 4.46. The van der Waals surface area contributed by atoms with E-state index in [-0.39, 0.29) is 0 Å². The summed E-state index contributed by atoms with van der Waals surface area (Å²) in [6, 6.07) is 0. The largest absolute Gasteiger partial charge is 0.370 e. The second-order valence-corrected chi connectivity index (χ2v) is 7.93. The van der Waals surface area contributed by atoms with E-state index in [1.165, 1.54) is 77.0 Å². The van der Waals surface area contributed by atoms with Crippen LogP contribution in [0.15, 0.2) is 0 Å². The molecule has 0 spiro atoms. The van der Waals surface area contributed by atoms with Crippen molar-refractivity contribution in [2.75, 3.05) is 0 Å². The average Bonchev–Trinajstić information content (AvgIpc) is 3.12. The maximum Gasteiger partial charge on any atom is 0.0842 e. The topological polar surface area (TPSA) is 12.5 Å². The van der Waals surface area contributed by atoms with Crippen molar-refractivity contribution in [1.29, 1.82) is 0 Å². The van der Waals surface area contributed by atoms with Gasteiger partial charge in [-0.2, -0.15) is 0 Å². The minimum atomic E-state index is 0.467. The highest BCUT2D eigenvalue weighted by Crippen LogP contribution is 2.34. The van der Waals surface area contributed by atoms with Gasteiger partial charge in [-0.05, 0) is 24.7 Å². The van der Waals surface area contributed by atoms with Crippen molar-refractivity contribution in [1.82, 2.24) is 0 Å². The summed E-state index contributed by atoms with van der Waals surface area (Å²) >= 11 is 0. The Bertz CT molecular complexity index is 228. The van der Waals surface area contributed by atoms with Gasteiger partial charge in [0.1, 0.15) is 0 Å². The molecule has 0 bridgehead atoms. The standard InChI is InChI=1S/C19H38O/c1-5-6-7-8-9-10-11-12-13-14-17-18(20-17)15-16-19(2,3)4/h17-18H,5-16H2,1-4H3. The van der Waals surface area contributed by atoms with Crippen molar-refractivity contribution in [3.05, 3.63) is 0 Å². The van der Waals surface area contributed by atoms with Crippen LogP contribution in [0.4, 0.5) is 0 Å². The van der Waals surface area contributed by atoms with E-state index in [2.05, 4.69) is 27.7 Å². The van der Waals surface area contributed by atoms with Crippen LogP contribution in [0.25, 0.3) is 0 Å². The second-order valence-electron chi connectivity index (χ2n) is 7.93. The summed E-state index contributed by atoms with van der Waals surface area (Å²) in [5, 5.41) is 0. The lowest BCUT2D eigenvalue weighted by molar-refractivity contribution is 0.310. The van der Waals surface area contributed by atoms with E-state index >= 15 is 0 Å². The first-order valence-corrected chi connectivity index (χ1v) is 9.18. The summed E-state index contributed by atoms with van der Waals surface area (Å²) in [5.41, 5.74) is 0.467. The van der Waals surface area contributed by atoms with Crippen molar-refractivity contribution >= 4 is 0 Å². The monoisotopic (exact) mass is 282 g/mol. The Hall–Kier alpha value is -0.0400. The lowest BCUT2D eigenvalue weighted by Crippen LogP contribution is -2.07. The van der Waals surface area contributed by atoms with Crippen LogP contribution in [0.1, 0.15) is 105 Å². The van der Waals surface area contributed by atoms with Crippen molar-refractivity contribution in [2.45, 2.75) is 117 Å². The van der Waals surface area contributed by atoms with Crippen LogP contribution in [-0.2, 0) is 4.74 Å². The van der Waals surface area contributed by atoms with Gasteiger partial charge in [-0.25, -0.2) is 0 Å². The molecule has 1 aliphatic heterocycles. The Morgan fingerprint density at radius 3 is 1.75 bits per heavy atom. The predicted molar refractivity (Wildman–Crippen MR) is 89.2 cm³/mol. The zero-order valence-corrected chi connectivity index (χ0v) is 14.5. The molecule has 1 saturated heterocycles. The van der Waals surface area contributed by atoms with Gasteiger partial charge in [0.05, 0.1) is 12.2 Å². The van der Waals surface area contributed by atoms with E-state index < -0.39 is 0 Å². The van der Waals surface area contributed by atoms with Gasteiger partial charge in [0.2, 0.25) is 0 Å². The molecule has 2 atom stereocenters. The fraction of sp³-hybridized carbons (Fsp3) is 1.00. The van der Waals surface area contributed by atoms with Crippen LogP contribution in [0, 0.1) is 5.41 Å².